The molecule has 0 aliphatic carbocycles. The molecule has 1 aromatic rings. The number of ether oxygens (including phenoxy) is 2. The molecular formula is C16H23N3O3. The Kier molecular flexibility index (Phi) is 5.37. The molecule has 1 N–H and O–H groups in total. The van der Waals surface area contributed by atoms with Crippen LogP contribution in [0.5, 0.6) is 0 Å². The average molecular weight is 305 g/mol. The van der Waals surface area contributed by atoms with Crippen molar-refractivity contribution in [2.75, 3.05) is 39.5 Å². The van der Waals surface area contributed by atoms with Crippen LogP contribution in [-0.4, -0.2) is 61.3 Å². The maximum absolute atomic E-state index is 12.2. The summed E-state index contributed by atoms with van der Waals surface area (Å²) in [7, 11) is 0. The molecule has 2 fully saturated rings. The summed E-state index contributed by atoms with van der Waals surface area (Å²) in [6.45, 7) is 4.47. The number of rotatable bonds is 5. The lowest BCUT2D eigenvalue weighted by Gasteiger charge is -2.34. The highest BCUT2D eigenvalue weighted by Gasteiger charge is 2.27. The molecule has 2 unspecified atom stereocenters. The summed E-state index contributed by atoms with van der Waals surface area (Å²) in [6, 6.07) is 4.12. The van der Waals surface area contributed by atoms with Gasteiger partial charge in [0.25, 0.3) is 0 Å². The molecule has 2 atom stereocenters. The zero-order chi connectivity index (χ0) is 15.2. The first-order valence-electron chi connectivity index (χ1n) is 7.95. The lowest BCUT2D eigenvalue weighted by Crippen LogP contribution is -2.45. The summed E-state index contributed by atoms with van der Waals surface area (Å²) in [4.78, 5) is 18.7. The smallest absolute Gasteiger partial charge is 0.249 e. The summed E-state index contributed by atoms with van der Waals surface area (Å²) in [6.07, 6.45) is 5.15. The highest BCUT2D eigenvalue weighted by atomic mass is 16.5. The Labute approximate surface area is 130 Å². The summed E-state index contributed by atoms with van der Waals surface area (Å²) in [5, 5.41) is 3.05. The van der Waals surface area contributed by atoms with Gasteiger partial charge in [-0.3, -0.25) is 14.7 Å². The van der Waals surface area contributed by atoms with Gasteiger partial charge in [-0.1, -0.05) is 6.07 Å². The van der Waals surface area contributed by atoms with Crippen LogP contribution >= 0.6 is 0 Å². The molecule has 120 valence electrons. The van der Waals surface area contributed by atoms with Crippen LogP contribution in [0.4, 0.5) is 0 Å². The van der Waals surface area contributed by atoms with Crippen molar-refractivity contribution >= 4 is 5.91 Å². The van der Waals surface area contributed by atoms with Crippen molar-refractivity contribution in [3.8, 4) is 0 Å². The van der Waals surface area contributed by atoms with E-state index in [1.807, 2.05) is 12.3 Å². The number of carbonyl (C=O) groups excluding carboxylic acids is 1. The molecule has 1 aromatic heterocycles. The summed E-state index contributed by atoms with van der Waals surface area (Å²) < 4.78 is 10.9. The third-order valence-electron chi connectivity index (χ3n) is 4.25. The summed E-state index contributed by atoms with van der Waals surface area (Å²) >= 11 is 0. The van der Waals surface area contributed by atoms with Crippen molar-refractivity contribution in [1.29, 1.82) is 0 Å². The molecule has 0 bridgehead atoms. The van der Waals surface area contributed by atoms with Gasteiger partial charge in [0.2, 0.25) is 5.91 Å². The Balaban J connectivity index is 1.64. The molecule has 3 heterocycles. The van der Waals surface area contributed by atoms with Crippen LogP contribution in [-0.2, 0) is 14.3 Å². The molecule has 0 radical (unpaired) electrons. The molecule has 2 aliphatic heterocycles. The van der Waals surface area contributed by atoms with E-state index >= 15 is 0 Å². The minimum atomic E-state index is -0.278. The number of aromatic nitrogens is 1. The first kappa shape index (κ1) is 15.4. The van der Waals surface area contributed by atoms with Gasteiger partial charge >= 0.3 is 0 Å². The van der Waals surface area contributed by atoms with Gasteiger partial charge < -0.3 is 14.8 Å². The molecule has 2 aliphatic rings. The fraction of sp³-hybridized carbons (Fsp3) is 0.625. The molecule has 6 heteroatoms. The molecule has 6 nitrogen and oxygen atoms in total. The number of hydrogen-bond acceptors (Lipinski definition) is 5. The van der Waals surface area contributed by atoms with E-state index in [1.54, 1.807) is 6.20 Å². The average Bonchev–Trinajstić information content (AvgIpc) is 3.11. The second kappa shape index (κ2) is 7.67. The first-order valence-corrected chi connectivity index (χ1v) is 7.95. The number of pyridine rings is 1. The van der Waals surface area contributed by atoms with Crippen LogP contribution < -0.4 is 5.32 Å². The quantitative estimate of drug-likeness (QED) is 0.870. The van der Waals surface area contributed by atoms with Gasteiger partial charge in [0, 0.05) is 38.6 Å². The van der Waals surface area contributed by atoms with Crippen molar-refractivity contribution in [1.82, 2.24) is 15.2 Å². The third kappa shape index (κ3) is 3.82. The fourth-order valence-corrected chi connectivity index (χ4v) is 3.02. The van der Waals surface area contributed by atoms with Crippen LogP contribution in [0.3, 0.4) is 0 Å². The lowest BCUT2D eigenvalue weighted by molar-refractivity contribution is -0.130. The molecular weight excluding hydrogens is 282 g/mol. The van der Waals surface area contributed by atoms with E-state index in [1.165, 1.54) is 0 Å². The van der Waals surface area contributed by atoms with Crippen molar-refractivity contribution in [2.24, 2.45) is 0 Å². The Bertz CT molecular complexity index is 471. The van der Waals surface area contributed by atoms with Crippen molar-refractivity contribution < 1.29 is 14.3 Å². The van der Waals surface area contributed by atoms with E-state index < -0.39 is 0 Å². The van der Waals surface area contributed by atoms with Gasteiger partial charge in [-0.05, 0) is 24.5 Å². The monoisotopic (exact) mass is 305 g/mol. The SMILES string of the molecule is O=C(NCC(c1cccnc1)N1CCOCC1)C1CCCO1. The zero-order valence-corrected chi connectivity index (χ0v) is 12.7. The van der Waals surface area contributed by atoms with Gasteiger partial charge in [-0.25, -0.2) is 0 Å². The number of nitrogens with one attached hydrogen (secondary N) is 1. The standard InChI is InChI=1S/C16H23N3O3/c20-16(15-4-2-8-22-15)18-12-14(13-3-1-5-17-11-13)19-6-9-21-10-7-19/h1,3,5,11,14-15H,2,4,6-10,12H2,(H,18,20). The summed E-state index contributed by atoms with van der Waals surface area (Å²) in [5.41, 5.74) is 1.12. The highest BCUT2D eigenvalue weighted by Crippen LogP contribution is 2.21. The predicted octanol–water partition coefficient (Wildman–Crippen LogP) is 0.750. The van der Waals surface area contributed by atoms with E-state index in [0.29, 0.717) is 13.2 Å². The van der Waals surface area contributed by atoms with Gasteiger partial charge in [-0.15, -0.1) is 0 Å². The van der Waals surface area contributed by atoms with E-state index in [9.17, 15) is 4.79 Å². The minimum Gasteiger partial charge on any atom is -0.379 e. The third-order valence-corrected chi connectivity index (χ3v) is 4.25. The zero-order valence-electron chi connectivity index (χ0n) is 12.7. The van der Waals surface area contributed by atoms with E-state index in [4.69, 9.17) is 9.47 Å². The largest absolute Gasteiger partial charge is 0.379 e. The van der Waals surface area contributed by atoms with Crippen LogP contribution in [0.25, 0.3) is 0 Å². The Hall–Kier alpha value is -1.50. The first-order chi connectivity index (χ1) is 10.8. The molecule has 1 amide bonds. The van der Waals surface area contributed by atoms with Crippen LogP contribution in [0.15, 0.2) is 24.5 Å². The number of amides is 1. The minimum absolute atomic E-state index is 0.000324. The second-order valence-corrected chi connectivity index (χ2v) is 5.70. The number of nitrogens with zero attached hydrogens (tertiary/aromatic N) is 2. The van der Waals surface area contributed by atoms with Crippen LogP contribution in [0.2, 0.25) is 0 Å². The molecule has 0 aromatic carbocycles. The fourth-order valence-electron chi connectivity index (χ4n) is 3.02. The molecule has 2 saturated heterocycles. The van der Waals surface area contributed by atoms with Crippen molar-refractivity contribution in [2.45, 2.75) is 25.0 Å². The molecule has 0 saturated carbocycles. The molecule has 22 heavy (non-hydrogen) atoms. The van der Waals surface area contributed by atoms with E-state index in [2.05, 4.69) is 21.3 Å². The van der Waals surface area contributed by atoms with E-state index in [0.717, 1.165) is 44.7 Å². The van der Waals surface area contributed by atoms with Crippen LogP contribution in [0.1, 0.15) is 24.4 Å². The number of morpholine rings is 1. The Morgan fingerprint density at radius 2 is 2.27 bits per heavy atom. The van der Waals surface area contributed by atoms with E-state index in [-0.39, 0.29) is 18.1 Å². The number of carbonyl (C=O) groups is 1. The van der Waals surface area contributed by atoms with Crippen molar-refractivity contribution in [3.05, 3.63) is 30.1 Å². The number of hydrogen-bond donors (Lipinski definition) is 1. The molecule has 0 spiro atoms. The molecule has 3 rings (SSSR count). The summed E-state index contributed by atoms with van der Waals surface area (Å²) in [5.74, 6) is -0.000324. The topological polar surface area (TPSA) is 63.7 Å². The maximum atomic E-state index is 12.2. The van der Waals surface area contributed by atoms with Crippen LogP contribution in [0, 0.1) is 0 Å². The lowest BCUT2D eigenvalue weighted by atomic mass is 10.1. The van der Waals surface area contributed by atoms with Crippen molar-refractivity contribution in [3.63, 3.8) is 0 Å². The van der Waals surface area contributed by atoms with Gasteiger partial charge in [0.15, 0.2) is 0 Å². The van der Waals surface area contributed by atoms with Gasteiger partial charge in [-0.2, -0.15) is 0 Å². The highest BCUT2D eigenvalue weighted by molar-refractivity contribution is 5.81. The predicted molar refractivity (Wildman–Crippen MR) is 81.4 cm³/mol. The Morgan fingerprint density at radius 1 is 1.41 bits per heavy atom. The van der Waals surface area contributed by atoms with Gasteiger partial charge in [0.1, 0.15) is 6.10 Å². The normalized spacial score (nSPS) is 24.1. The van der Waals surface area contributed by atoms with Gasteiger partial charge in [0.05, 0.1) is 19.3 Å². The maximum Gasteiger partial charge on any atom is 0.249 e. The Morgan fingerprint density at radius 3 is 2.95 bits per heavy atom. The second-order valence-electron chi connectivity index (χ2n) is 5.70.